The van der Waals surface area contributed by atoms with Gasteiger partial charge in [-0.15, -0.1) is 0 Å². The van der Waals surface area contributed by atoms with Crippen LogP contribution in [0.15, 0.2) is 0 Å². The van der Waals surface area contributed by atoms with Crippen LogP contribution < -0.4 is 5.73 Å². The number of ether oxygens (including phenoxy) is 2. The first kappa shape index (κ1) is 20.4. The Morgan fingerprint density at radius 1 is 1.18 bits per heavy atom. The molecule has 0 radical (unpaired) electrons. The van der Waals surface area contributed by atoms with Crippen molar-refractivity contribution >= 4 is 17.9 Å². The highest BCUT2D eigenvalue weighted by molar-refractivity contribution is 6.04. The molecule has 0 amide bonds. The van der Waals surface area contributed by atoms with Gasteiger partial charge in [0, 0.05) is 6.42 Å². The van der Waals surface area contributed by atoms with Crippen molar-refractivity contribution in [2.75, 3.05) is 6.61 Å². The van der Waals surface area contributed by atoms with E-state index in [2.05, 4.69) is 0 Å². The summed E-state index contributed by atoms with van der Waals surface area (Å²) in [4.78, 5) is 35.2. The Hall–Kier alpha value is -1.63. The Kier molecular flexibility index (Phi) is 7.52. The molecular formula is C15H27NO6. The smallest absolute Gasteiger partial charge is 0.338 e. The van der Waals surface area contributed by atoms with Gasteiger partial charge in [0.15, 0.2) is 0 Å². The molecule has 0 aliphatic heterocycles. The molecule has 0 saturated carbocycles. The van der Waals surface area contributed by atoms with Crippen molar-refractivity contribution in [3.05, 3.63) is 0 Å². The summed E-state index contributed by atoms with van der Waals surface area (Å²) in [7, 11) is 0. The molecule has 2 unspecified atom stereocenters. The van der Waals surface area contributed by atoms with Gasteiger partial charge in [0.05, 0.1) is 6.61 Å². The fourth-order valence-corrected chi connectivity index (χ4v) is 2.12. The van der Waals surface area contributed by atoms with E-state index in [1.54, 1.807) is 34.6 Å². The molecule has 0 aliphatic carbocycles. The number of aliphatic carboxylic acids is 1. The van der Waals surface area contributed by atoms with E-state index < -0.39 is 35.0 Å². The lowest BCUT2D eigenvalue weighted by Crippen LogP contribution is -2.61. The number of rotatable bonds is 8. The number of nitrogens with two attached hydrogens (primary N) is 1. The zero-order valence-electron chi connectivity index (χ0n) is 14.0. The van der Waals surface area contributed by atoms with Crippen molar-refractivity contribution < 1.29 is 29.0 Å². The van der Waals surface area contributed by atoms with Gasteiger partial charge in [-0.05, 0) is 40.0 Å². The van der Waals surface area contributed by atoms with E-state index in [9.17, 15) is 19.5 Å². The summed E-state index contributed by atoms with van der Waals surface area (Å²) >= 11 is 0. The van der Waals surface area contributed by atoms with E-state index in [0.29, 0.717) is 6.42 Å². The van der Waals surface area contributed by atoms with E-state index in [1.165, 1.54) is 0 Å². The largest absolute Gasteiger partial charge is 0.479 e. The fourth-order valence-electron chi connectivity index (χ4n) is 2.12. The van der Waals surface area contributed by atoms with Crippen molar-refractivity contribution in [3.63, 3.8) is 0 Å². The van der Waals surface area contributed by atoms with Crippen molar-refractivity contribution in [1.29, 1.82) is 0 Å². The maximum Gasteiger partial charge on any atom is 0.338 e. The lowest BCUT2D eigenvalue weighted by atomic mass is 9.79. The van der Waals surface area contributed by atoms with Crippen molar-refractivity contribution in [1.82, 2.24) is 0 Å². The number of esters is 2. The van der Waals surface area contributed by atoms with Gasteiger partial charge in [0.25, 0.3) is 0 Å². The molecule has 7 nitrogen and oxygen atoms in total. The molecular weight excluding hydrogens is 290 g/mol. The Bertz CT molecular complexity index is 415. The standard InChI is InChI=1S/C15H27NO6/c1-6-10(8-9-11(17)22-14(3,4)5)15(16,12(18)19)13(20)21-7-2/h10H,6-9,16H2,1-5H3,(H,18,19). The number of carboxylic acid groups (broad SMARTS) is 1. The van der Waals surface area contributed by atoms with Crippen LogP contribution >= 0.6 is 0 Å². The molecule has 7 heteroatoms. The van der Waals surface area contributed by atoms with E-state index in [0.717, 1.165) is 0 Å². The molecule has 0 saturated heterocycles. The summed E-state index contributed by atoms with van der Waals surface area (Å²) in [6, 6.07) is 0. The third kappa shape index (κ3) is 5.63. The second-order valence-electron chi connectivity index (χ2n) is 6.12. The van der Waals surface area contributed by atoms with Crippen LogP contribution in [0.3, 0.4) is 0 Å². The molecule has 3 N–H and O–H groups in total. The van der Waals surface area contributed by atoms with Gasteiger partial charge in [-0.3, -0.25) is 4.79 Å². The molecule has 0 aromatic carbocycles. The maximum atomic E-state index is 11.9. The van der Waals surface area contributed by atoms with Crippen LogP contribution in [0.4, 0.5) is 0 Å². The van der Waals surface area contributed by atoms with Gasteiger partial charge in [-0.25, -0.2) is 9.59 Å². The number of carbonyl (C=O) groups is 3. The third-order valence-electron chi connectivity index (χ3n) is 3.22. The Morgan fingerprint density at radius 3 is 2.09 bits per heavy atom. The predicted molar refractivity (Wildman–Crippen MR) is 80.0 cm³/mol. The highest BCUT2D eigenvalue weighted by atomic mass is 16.6. The summed E-state index contributed by atoms with van der Waals surface area (Å²) in [6.07, 6.45) is 0.443. The highest BCUT2D eigenvalue weighted by Crippen LogP contribution is 2.26. The van der Waals surface area contributed by atoms with E-state index >= 15 is 0 Å². The number of hydrogen-bond donors (Lipinski definition) is 2. The average molecular weight is 317 g/mol. The first-order valence-electron chi connectivity index (χ1n) is 7.40. The molecule has 0 rings (SSSR count). The van der Waals surface area contributed by atoms with Gasteiger partial charge < -0.3 is 20.3 Å². The van der Waals surface area contributed by atoms with Gasteiger partial charge in [0.1, 0.15) is 5.60 Å². The quantitative estimate of drug-likeness (QED) is 0.514. The first-order chi connectivity index (χ1) is 9.98. The Labute approximate surface area is 131 Å². The molecule has 0 aromatic heterocycles. The predicted octanol–water partition coefficient (Wildman–Crippen LogP) is 1.48. The summed E-state index contributed by atoms with van der Waals surface area (Å²) < 4.78 is 9.95. The van der Waals surface area contributed by atoms with Gasteiger partial charge in [0.2, 0.25) is 5.54 Å². The second-order valence-corrected chi connectivity index (χ2v) is 6.12. The van der Waals surface area contributed by atoms with Crippen molar-refractivity contribution in [3.8, 4) is 0 Å². The lowest BCUT2D eigenvalue weighted by Gasteiger charge is -2.31. The maximum absolute atomic E-state index is 11.9. The van der Waals surface area contributed by atoms with Crippen molar-refractivity contribution in [2.45, 2.75) is 65.0 Å². The average Bonchev–Trinajstić information content (AvgIpc) is 2.36. The Balaban J connectivity index is 5.00. The van der Waals surface area contributed by atoms with Crippen LogP contribution in [0.5, 0.6) is 0 Å². The Morgan fingerprint density at radius 2 is 1.73 bits per heavy atom. The van der Waals surface area contributed by atoms with Gasteiger partial charge in [-0.2, -0.15) is 0 Å². The minimum atomic E-state index is -2.16. The van der Waals surface area contributed by atoms with Crippen LogP contribution in [-0.2, 0) is 23.9 Å². The van der Waals surface area contributed by atoms with Gasteiger partial charge in [-0.1, -0.05) is 13.3 Å². The molecule has 0 spiro atoms. The molecule has 22 heavy (non-hydrogen) atoms. The molecule has 0 aliphatic rings. The summed E-state index contributed by atoms with van der Waals surface area (Å²) in [5, 5.41) is 9.34. The van der Waals surface area contributed by atoms with Crippen molar-refractivity contribution in [2.24, 2.45) is 11.7 Å². The summed E-state index contributed by atoms with van der Waals surface area (Å²) in [5.41, 5.74) is 3.03. The van der Waals surface area contributed by atoms with E-state index in [-0.39, 0.29) is 19.4 Å². The number of carbonyl (C=O) groups excluding carboxylic acids is 2. The van der Waals surface area contributed by atoms with Crippen LogP contribution in [0, 0.1) is 5.92 Å². The first-order valence-corrected chi connectivity index (χ1v) is 7.40. The van der Waals surface area contributed by atoms with Crippen LogP contribution in [-0.4, -0.2) is 40.8 Å². The monoisotopic (exact) mass is 317 g/mol. The minimum Gasteiger partial charge on any atom is -0.479 e. The zero-order valence-corrected chi connectivity index (χ0v) is 14.0. The van der Waals surface area contributed by atoms with Crippen LogP contribution in [0.2, 0.25) is 0 Å². The van der Waals surface area contributed by atoms with E-state index in [1.807, 2.05) is 0 Å². The molecule has 0 fully saturated rings. The minimum absolute atomic E-state index is 0.0125. The van der Waals surface area contributed by atoms with E-state index in [4.69, 9.17) is 15.2 Å². The highest BCUT2D eigenvalue weighted by Gasteiger charge is 2.50. The molecule has 0 aromatic rings. The second kappa shape index (κ2) is 8.12. The number of carboxylic acids is 1. The fraction of sp³-hybridized carbons (Fsp3) is 0.800. The normalized spacial score (nSPS) is 15.5. The SMILES string of the molecule is CCOC(=O)C(N)(C(=O)O)C(CC)CCC(=O)OC(C)(C)C. The van der Waals surface area contributed by atoms with Gasteiger partial charge >= 0.3 is 17.9 Å². The van der Waals surface area contributed by atoms with Crippen LogP contribution in [0.1, 0.15) is 53.9 Å². The number of hydrogen-bond acceptors (Lipinski definition) is 6. The molecule has 128 valence electrons. The molecule has 0 bridgehead atoms. The summed E-state index contributed by atoms with van der Waals surface area (Å²) in [6.45, 7) is 8.54. The third-order valence-corrected chi connectivity index (χ3v) is 3.22. The lowest BCUT2D eigenvalue weighted by molar-refractivity contribution is -0.166. The zero-order chi connectivity index (χ0) is 17.6. The molecule has 0 heterocycles. The van der Waals surface area contributed by atoms with Crippen LogP contribution in [0.25, 0.3) is 0 Å². The summed E-state index contributed by atoms with van der Waals surface area (Å²) in [5.74, 6) is -3.63. The topological polar surface area (TPSA) is 116 Å². The molecule has 2 atom stereocenters.